The topological polar surface area (TPSA) is 107 Å². The van der Waals surface area contributed by atoms with Gasteiger partial charge in [0.05, 0.1) is 13.7 Å². The fraction of sp³-hybridized carbons (Fsp3) is 0.444. The summed E-state index contributed by atoms with van der Waals surface area (Å²) in [6, 6.07) is 11.1. The Morgan fingerprint density at radius 3 is 2.32 bits per heavy atom. The van der Waals surface area contributed by atoms with Crippen LogP contribution in [0.5, 0.6) is 17.2 Å². The number of nitrogens with one attached hydrogen (secondary N) is 1. The lowest BCUT2D eigenvalue weighted by molar-refractivity contribution is -0.128. The Morgan fingerprint density at radius 1 is 0.973 bits per heavy atom. The molecule has 1 spiro atoms. The number of hydrogen-bond acceptors (Lipinski definition) is 7. The highest BCUT2D eigenvalue weighted by Crippen LogP contribution is 2.39. The third-order valence-electron chi connectivity index (χ3n) is 7.00. The number of likely N-dealkylation sites (tertiary alicyclic amines) is 1. The maximum atomic E-state index is 13.8. The van der Waals surface area contributed by atoms with Gasteiger partial charge >= 0.3 is 0 Å². The fourth-order valence-corrected chi connectivity index (χ4v) is 5.09. The Hall–Kier alpha value is -3.79. The van der Waals surface area contributed by atoms with Gasteiger partial charge in [0.2, 0.25) is 12.7 Å². The highest BCUT2D eigenvalue weighted by molar-refractivity contribution is 5.99. The zero-order chi connectivity index (χ0) is 26.2. The highest BCUT2D eigenvalue weighted by Gasteiger charge is 2.54. The first-order valence-electron chi connectivity index (χ1n) is 12.4. The Morgan fingerprint density at radius 2 is 1.65 bits per heavy atom. The third kappa shape index (κ3) is 4.69. The summed E-state index contributed by atoms with van der Waals surface area (Å²) >= 11 is 0. The molecule has 3 heterocycles. The summed E-state index contributed by atoms with van der Waals surface area (Å²) in [7, 11) is 1.56. The molecule has 10 heteroatoms. The summed E-state index contributed by atoms with van der Waals surface area (Å²) in [4.78, 5) is 43.4. The summed E-state index contributed by atoms with van der Waals surface area (Å²) in [5.41, 5.74) is -0.0402. The number of nitrogens with zero attached hydrogens (tertiary/aromatic N) is 2. The number of amides is 3. The molecule has 5 rings (SSSR count). The molecule has 2 aromatic rings. The van der Waals surface area contributed by atoms with Crippen molar-refractivity contribution in [3.63, 3.8) is 0 Å². The van der Waals surface area contributed by atoms with Crippen molar-refractivity contribution in [1.29, 1.82) is 0 Å². The van der Waals surface area contributed by atoms with E-state index in [1.807, 2.05) is 13.8 Å². The van der Waals surface area contributed by atoms with E-state index in [4.69, 9.17) is 18.9 Å². The molecule has 3 aliphatic rings. The molecular weight excluding hydrogens is 478 g/mol. The van der Waals surface area contributed by atoms with Crippen LogP contribution in [-0.2, 0) is 9.53 Å². The van der Waals surface area contributed by atoms with Crippen LogP contribution < -0.4 is 19.5 Å². The van der Waals surface area contributed by atoms with Gasteiger partial charge in [-0.2, -0.15) is 0 Å². The molecule has 2 fully saturated rings. The molecule has 3 aliphatic heterocycles. The normalized spacial score (nSPS) is 19.8. The third-order valence-corrected chi connectivity index (χ3v) is 7.00. The van der Waals surface area contributed by atoms with E-state index in [1.165, 1.54) is 0 Å². The van der Waals surface area contributed by atoms with Crippen LogP contribution in [0.2, 0.25) is 0 Å². The number of methoxy groups -OCH3 is 1. The second-order valence-corrected chi connectivity index (χ2v) is 9.70. The van der Waals surface area contributed by atoms with Gasteiger partial charge in [-0.1, -0.05) is 0 Å². The van der Waals surface area contributed by atoms with Crippen molar-refractivity contribution < 1.29 is 33.3 Å². The smallest absolute Gasteiger partial charge is 0.256 e. The molecule has 0 bridgehead atoms. The van der Waals surface area contributed by atoms with Crippen LogP contribution >= 0.6 is 0 Å². The molecular formula is C27H31N3O7. The molecule has 37 heavy (non-hydrogen) atoms. The number of piperidine rings is 1. The lowest BCUT2D eigenvalue weighted by Gasteiger charge is -2.44. The number of carbonyl (C=O) groups is 3. The number of hydrogen-bond donors (Lipinski definition) is 1. The maximum absolute atomic E-state index is 13.8. The van der Waals surface area contributed by atoms with Crippen LogP contribution in [-0.4, -0.2) is 78.9 Å². The van der Waals surface area contributed by atoms with Crippen molar-refractivity contribution in [3.05, 3.63) is 53.6 Å². The first kappa shape index (κ1) is 24.9. The monoisotopic (exact) mass is 509 g/mol. The zero-order valence-corrected chi connectivity index (χ0v) is 21.2. The van der Waals surface area contributed by atoms with Gasteiger partial charge < -0.3 is 29.2 Å². The first-order valence-corrected chi connectivity index (χ1v) is 12.4. The summed E-state index contributed by atoms with van der Waals surface area (Å²) < 4.78 is 22.2. The number of ether oxygens (including phenoxy) is 4. The number of fused-ring (bicyclic) bond motifs is 1. The van der Waals surface area contributed by atoms with Gasteiger partial charge in [0.25, 0.3) is 11.8 Å². The molecule has 0 aromatic heterocycles. The van der Waals surface area contributed by atoms with E-state index in [0.717, 1.165) is 0 Å². The average Bonchev–Trinajstić information content (AvgIpc) is 3.52. The van der Waals surface area contributed by atoms with Crippen molar-refractivity contribution in [3.8, 4) is 17.2 Å². The van der Waals surface area contributed by atoms with Crippen LogP contribution in [0, 0.1) is 0 Å². The number of rotatable bonds is 5. The van der Waals surface area contributed by atoms with E-state index in [0.29, 0.717) is 54.3 Å². The summed E-state index contributed by atoms with van der Waals surface area (Å²) in [5.74, 6) is 1.12. The fourth-order valence-electron chi connectivity index (χ4n) is 5.09. The quantitative estimate of drug-likeness (QED) is 0.660. The van der Waals surface area contributed by atoms with E-state index >= 15 is 0 Å². The summed E-state index contributed by atoms with van der Waals surface area (Å²) in [6.45, 7) is 4.73. The number of carbonyl (C=O) groups excluding carboxylic acids is 3. The van der Waals surface area contributed by atoms with Crippen LogP contribution in [0.3, 0.4) is 0 Å². The molecule has 10 nitrogen and oxygen atoms in total. The second-order valence-electron chi connectivity index (χ2n) is 9.70. The van der Waals surface area contributed by atoms with E-state index in [-0.39, 0.29) is 37.2 Å². The maximum Gasteiger partial charge on any atom is 0.256 e. The SMILES string of the molecule is COc1ccc(C(=O)N2C(C(=O)NC(C)C)COC23CCN(C(=O)c2ccc4c(c2)OCO4)CC3)cc1. The van der Waals surface area contributed by atoms with E-state index in [2.05, 4.69) is 5.32 Å². The van der Waals surface area contributed by atoms with Gasteiger partial charge in [0.15, 0.2) is 11.5 Å². The Bertz CT molecular complexity index is 1190. The van der Waals surface area contributed by atoms with Gasteiger partial charge in [-0.15, -0.1) is 0 Å². The Balaban J connectivity index is 1.36. The van der Waals surface area contributed by atoms with Crippen LogP contribution in [0.1, 0.15) is 47.4 Å². The first-order chi connectivity index (χ1) is 17.8. The summed E-state index contributed by atoms with van der Waals surface area (Å²) in [5, 5.41) is 2.91. The molecule has 0 aliphatic carbocycles. The van der Waals surface area contributed by atoms with Crippen LogP contribution in [0.15, 0.2) is 42.5 Å². The van der Waals surface area contributed by atoms with E-state index in [9.17, 15) is 14.4 Å². The average molecular weight is 510 g/mol. The van der Waals surface area contributed by atoms with Gasteiger partial charge in [0.1, 0.15) is 17.5 Å². The molecule has 1 atom stereocenters. The minimum atomic E-state index is -0.984. The lowest BCUT2D eigenvalue weighted by atomic mass is 9.96. The van der Waals surface area contributed by atoms with Gasteiger partial charge in [-0.05, 0) is 56.3 Å². The molecule has 3 amide bonds. The van der Waals surface area contributed by atoms with Gasteiger partial charge in [0, 0.05) is 43.1 Å². The molecule has 2 aromatic carbocycles. The summed E-state index contributed by atoms with van der Waals surface area (Å²) in [6.07, 6.45) is 0.771. The minimum Gasteiger partial charge on any atom is -0.497 e. The minimum absolute atomic E-state index is 0.0804. The number of benzene rings is 2. The highest BCUT2D eigenvalue weighted by atomic mass is 16.7. The standard InChI is InChI=1S/C27H31N3O7/c1-17(2)28-24(31)21-15-37-27(30(21)26(33)18-4-7-20(34-3)8-5-18)10-12-29(13-11-27)25(32)19-6-9-22-23(14-19)36-16-35-22/h4-9,14,17,21H,10-13,15-16H2,1-3H3,(H,28,31). The molecule has 0 radical (unpaired) electrons. The van der Waals surface area contributed by atoms with Gasteiger partial charge in [-0.25, -0.2) is 0 Å². The molecule has 1 unspecified atom stereocenters. The molecule has 0 saturated carbocycles. The lowest BCUT2D eigenvalue weighted by Crippen LogP contribution is -2.60. The van der Waals surface area contributed by atoms with Crippen molar-refractivity contribution in [2.75, 3.05) is 33.6 Å². The predicted molar refractivity (Wildman–Crippen MR) is 133 cm³/mol. The molecule has 196 valence electrons. The Kier molecular flexibility index (Phi) is 6.68. The van der Waals surface area contributed by atoms with E-state index < -0.39 is 11.8 Å². The van der Waals surface area contributed by atoms with E-state index in [1.54, 1.807) is 59.4 Å². The van der Waals surface area contributed by atoms with Crippen molar-refractivity contribution in [2.45, 2.75) is 44.5 Å². The zero-order valence-electron chi connectivity index (χ0n) is 21.2. The van der Waals surface area contributed by atoms with Crippen molar-refractivity contribution in [2.24, 2.45) is 0 Å². The van der Waals surface area contributed by atoms with Crippen molar-refractivity contribution in [1.82, 2.24) is 15.1 Å². The van der Waals surface area contributed by atoms with Crippen molar-refractivity contribution >= 4 is 17.7 Å². The van der Waals surface area contributed by atoms with Crippen LogP contribution in [0.25, 0.3) is 0 Å². The predicted octanol–water partition coefficient (Wildman–Crippen LogP) is 2.42. The largest absolute Gasteiger partial charge is 0.497 e. The Labute approximate surface area is 215 Å². The second kappa shape index (κ2) is 9.93. The van der Waals surface area contributed by atoms with Gasteiger partial charge in [-0.3, -0.25) is 19.3 Å². The molecule has 1 N–H and O–H groups in total. The van der Waals surface area contributed by atoms with Crippen LogP contribution in [0.4, 0.5) is 0 Å². The molecule has 2 saturated heterocycles.